The van der Waals surface area contributed by atoms with Crippen molar-refractivity contribution >= 4 is 10.1 Å². The maximum absolute atomic E-state index is 13.0. The van der Waals surface area contributed by atoms with Gasteiger partial charge < -0.3 is 4.18 Å². The number of aryl methyl sites for hydroxylation is 2. The minimum Gasteiger partial charge on any atom is -0.379 e. The molecule has 2 aliphatic rings. The first-order valence-corrected chi connectivity index (χ1v) is 12.0. The molecule has 2 aliphatic carbocycles. The molecule has 0 aliphatic heterocycles. The van der Waals surface area contributed by atoms with Crippen LogP contribution in [0.25, 0.3) is 0 Å². The van der Waals surface area contributed by atoms with Crippen LogP contribution in [0.15, 0.2) is 41.3 Å². The van der Waals surface area contributed by atoms with Crippen LogP contribution < -0.4 is 4.18 Å². The van der Waals surface area contributed by atoms with E-state index in [1.54, 1.807) is 12.1 Å². The zero-order chi connectivity index (χ0) is 19.7. The highest BCUT2D eigenvalue weighted by Gasteiger charge is 2.24. The van der Waals surface area contributed by atoms with Gasteiger partial charge in [-0.1, -0.05) is 37.8 Å². The molecule has 2 aromatic rings. The number of rotatable bonds is 5. The lowest BCUT2D eigenvalue weighted by Crippen LogP contribution is -2.11. The van der Waals surface area contributed by atoms with E-state index in [0.29, 0.717) is 17.6 Å². The average Bonchev–Trinajstić information content (AvgIpc) is 3.37. The molecule has 2 saturated carbocycles. The van der Waals surface area contributed by atoms with Crippen LogP contribution in [0.2, 0.25) is 0 Å². The SMILES string of the molecule is Cc1ccc(OS(=O)(=O)c2ccc(C)c(C3CCCC3)c2)cc1C1CCCC1. The van der Waals surface area contributed by atoms with Gasteiger partial charge >= 0.3 is 10.1 Å². The van der Waals surface area contributed by atoms with Gasteiger partial charge in [0.1, 0.15) is 10.6 Å². The van der Waals surface area contributed by atoms with Gasteiger partial charge in [0.05, 0.1) is 0 Å². The normalized spacial score (nSPS) is 18.6. The lowest BCUT2D eigenvalue weighted by atomic mass is 9.93. The molecule has 0 saturated heterocycles. The van der Waals surface area contributed by atoms with E-state index in [-0.39, 0.29) is 4.90 Å². The van der Waals surface area contributed by atoms with Gasteiger partial charge in [0, 0.05) is 0 Å². The highest BCUT2D eigenvalue weighted by Crippen LogP contribution is 2.39. The highest BCUT2D eigenvalue weighted by molar-refractivity contribution is 7.87. The van der Waals surface area contributed by atoms with Crippen molar-refractivity contribution in [3.05, 3.63) is 58.7 Å². The third kappa shape index (κ3) is 3.98. The molecule has 4 heteroatoms. The Morgan fingerprint density at radius 2 is 1.25 bits per heavy atom. The van der Waals surface area contributed by atoms with Gasteiger partial charge in [0.2, 0.25) is 0 Å². The smallest absolute Gasteiger partial charge is 0.339 e. The quantitative estimate of drug-likeness (QED) is 0.548. The molecule has 0 atom stereocenters. The Bertz CT molecular complexity index is 950. The minimum absolute atomic E-state index is 0.267. The Morgan fingerprint density at radius 3 is 1.82 bits per heavy atom. The summed E-state index contributed by atoms with van der Waals surface area (Å²) in [7, 11) is -3.84. The molecule has 28 heavy (non-hydrogen) atoms. The second kappa shape index (κ2) is 7.90. The second-order valence-corrected chi connectivity index (χ2v) is 10.1. The Labute approximate surface area is 169 Å². The Kier molecular flexibility index (Phi) is 5.50. The first kappa shape index (κ1) is 19.5. The van der Waals surface area contributed by atoms with Crippen LogP contribution in [0, 0.1) is 13.8 Å². The molecule has 0 N–H and O–H groups in total. The topological polar surface area (TPSA) is 43.4 Å². The Morgan fingerprint density at radius 1 is 0.750 bits per heavy atom. The fourth-order valence-corrected chi connectivity index (χ4v) is 5.93. The van der Waals surface area contributed by atoms with E-state index in [1.165, 1.54) is 55.2 Å². The van der Waals surface area contributed by atoms with E-state index in [2.05, 4.69) is 13.8 Å². The molecular formula is C24H30O3S. The van der Waals surface area contributed by atoms with Crippen LogP contribution in [0.1, 0.15) is 85.5 Å². The van der Waals surface area contributed by atoms with Crippen LogP contribution >= 0.6 is 0 Å². The zero-order valence-electron chi connectivity index (χ0n) is 16.9. The number of benzene rings is 2. The van der Waals surface area contributed by atoms with Gasteiger partial charge in [-0.3, -0.25) is 0 Å². The molecule has 3 nitrogen and oxygen atoms in total. The van der Waals surface area contributed by atoms with Crippen molar-refractivity contribution in [1.82, 2.24) is 0 Å². The Balaban J connectivity index is 1.61. The third-order valence-corrected chi connectivity index (χ3v) is 7.83. The van der Waals surface area contributed by atoms with Gasteiger partial charge in [-0.25, -0.2) is 0 Å². The number of hydrogen-bond acceptors (Lipinski definition) is 3. The van der Waals surface area contributed by atoms with Crippen LogP contribution in [-0.2, 0) is 10.1 Å². The monoisotopic (exact) mass is 398 g/mol. The summed E-state index contributed by atoms with van der Waals surface area (Å²) in [6, 6.07) is 11.1. The molecule has 0 amide bonds. The van der Waals surface area contributed by atoms with E-state index in [4.69, 9.17) is 4.18 Å². The molecule has 0 spiro atoms. The maximum Gasteiger partial charge on any atom is 0.339 e. The third-order valence-electron chi connectivity index (χ3n) is 6.59. The summed E-state index contributed by atoms with van der Waals surface area (Å²) in [5, 5.41) is 0. The van der Waals surface area contributed by atoms with E-state index in [1.807, 2.05) is 24.3 Å². The molecule has 0 aromatic heterocycles. The molecule has 0 bridgehead atoms. The zero-order valence-corrected chi connectivity index (χ0v) is 17.7. The van der Waals surface area contributed by atoms with Crippen molar-refractivity contribution in [2.45, 2.75) is 81.9 Å². The lowest BCUT2D eigenvalue weighted by Gasteiger charge is -2.17. The largest absolute Gasteiger partial charge is 0.379 e. The van der Waals surface area contributed by atoms with Crippen LogP contribution in [-0.4, -0.2) is 8.42 Å². The lowest BCUT2D eigenvalue weighted by molar-refractivity contribution is 0.485. The molecule has 0 unspecified atom stereocenters. The van der Waals surface area contributed by atoms with E-state index in [9.17, 15) is 8.42 Å². The second-order valence-electron chi connectivity index (χ2n) is 8.54. The summed E-state index contributed by atoms with van der Waals surface area (Å²) in [6.45, 7) is 4.17. The molecule has 4 rings (SSSR count). The fourth-order valence-electron chi connectivity index (χ4n) is 4.97. The summed E-state index contributed by atoms with van der Waals surface area (Å²) in [4.78, 5) is 0.267. The van der Waals surface area contributed by atoms with Crippen molar-refractivity contribution in [2.75, 3.05) is 0 Å². The van der Waals surface area contributed by atoms with Crippen molar-refractivity contribution < 1.29 is 12.6 Å². The van der Waals surface area contributed by atoms with Gasteiger partial charge in [0.15, 0.2) is 0 Å². The van der Waals surface area contributed by atoms with Gasteiger partial charge in [-0.05, 0) is 97.9 Å². The van der Waals surface area contributed by atoms with Crippen molar-refractivity contribution in [1.29, 1.82) is 0 Å². The average molecular weight is 399 g/mol. The Hall–Kier alpha value is -1.81. The summed E-state index contributed by atoms with van der Waals surface area (Å²) in [6.07, 6.45) is 9.61. The molecule has 2 aromatic carbocycles. The first-order chi connectivity index (χ1) is 13.4. The minimum atomic E-state index is -3.84. The van der Waals surface area contributed by atoms with Crippen LogP contribution in [0.3, 0.4) is 0 Å². The van der Waals surface area contributed by atoms with E-state index < -0.39 is 10.1 Å². The number of hydrogen-bond donors (Lipinski definition) is 0. The molecule has 150 valence electrons. The fraction of sp³-hybridized carbons (Fsp3) is 0.500. The van der Waals surface area contributed by atoms with Crippen molar-refractivity contribution in [3.63, 3.8) is 0 Å². The van der Waals surface area contributed by atoms with Crippen LogP contribution in [0.5, 0.6) is 5.75 Å². The maximum atomic E-state index is 13.0. The molecule has 0 radical (unpaired) electrons. The molecule has 0 heterocycles. The summed E-state index contributed by atoms with van der Waals surface area (Å²) in [5.74, 6) is 1.43. The summed E-state index contributed by atoms with van der Waals surface area (Å²) in [5.41, 5.74) is 4.79. The molecule has 2 fully saturated rings. The predicted molar refractivity (Wildman–Crippen MR) is 113 cm³/mol. The van der Waals surface area contributed by atoms with Gasteiger partial charge in [-0.2, -0.15) is 8.42 Å². The van der Waals surface area contributed by atoms with E-state index >= 15 is 0 Å². The van der Waals surface area contributed by atoms with Gasteiger partial charge in [0.25, 0.3) is 0 Å². The first-order valence-electron chi connectivity index (χ1n) is 10.6. The van der Waals surface area contributed by atoms with Gasteiger partial charge in [-0.15, -0.1) is 0 Å². The van der Waals surface area contributed by atoms with Crippen LogP contribution in [0.4, 0.5) is 0 Å². The highest BCUT2D eigenvalue weighted by atomic mass is 32.2. The summed E-state index contributed by atoms with van der Waals surface area (Å²) >= 11 is 0. The predicted octanol–water partition coefficient (Wildman–Crippen LogP) is 6.39. The van der Waals surface area contributed by atoms with E-state index in [0.717, 1.165) is 18.4 Å². The van der Waals surface area contributed by atoms with Crippen molar-refractivity contribution in [3.8, 4) is 5.75 Å². The van der Waals surface area contributed by atoms with Crippen molar-refractivity contribution in [2.24, 2.45) is 0 Å². The standard InChI is InChI=1S/C24H30O3S/c1-17-11-13-21(15-23(17)19-7-3-4-8-19)27-28(25,26)22-14-12-18(2)24(16-22)20-9-5-6-10-20/h11-16,19-20H,3-10H2,1-2H3. The molecular weight excluding hydrogens is 368 g/mol. The summed E-state index contributed by atoms with van der Waals surface area (Å²) < 4.78 is 31.5.